The van der Waals surface area contributed by atoms with Crippen LogP contribution in [-0.2, 0) is 4.79 Å². The number of nitrogens with one attached hydrogen (secondary N) is 2. The third kappa shape index (κ3) is 5.37. The number of amides is 2. The first-order valence-electron chi connectivity index (χ1n) is 8.54. The molecule has 27 heavy (non-hydrogen) atoms. The Morgan fingerprint density at radius 2 is 1.70 bits per heavy atom. The normalized spacial score (nSPS) is 11.8. The van der Waals surface area contributed by atoms with Gasteiger partial charge in [0, 0.05) is 19.1 Å². The predicted octanol–water partition coefficient (Wildman–Crippen LogP) is 4.45. The van der Waals surface area contributed by atoms with E-state index in [1.807, 2.05) is 38.9 Å². The van der Waals surface area contributed by atoms with Crippen LogP contribution in [0.2, 0.25) is 10.0 Å². The SMILES string of the molecule is CC(C)C(NC(=O)c1ccccc1Cl)C(=O)Nc1cc(Cl)ccc1N(C)C. The Kier molecular flexibility index (Phi) is 7.11. The molecule has 0 spiro atoms. The first kappa shape index (κ1) is 21.1. The van der Waals surface area contributed by atoms with Gasteiger partial charge in [0.2, 0.25) is 5.91 Å². The van der Waals surface area contributed by atoms with Gasteiger partial charge in [0.05, 0.1) is 22.0 Å². The average molecular weight is 408 g/mol. The number of carbonyl (C=O) groups is 2. The van der Waals surface area contributed by atoms with Gasteiger partial charge in [0.25, 0.3) is 5.91 Å². The number of hydrogen-bond acceptors (Lipinski definition) is 3. The summed E-state index contributed by atoms with van der Waals surface area (Å²) in [6.07, 6.45) is 0. The summed E-state index contributed by atoms with van der Waals surface area (Å²) in [4.78, 5) is 27.3. The highest BCUT2D eigenvalue weighted by Crippen LogP contribution is 2.28. The van der Waals surface area contributed by atoms with Crippen LogP contribution in [-0.4, -0.2) is 32.0 Å². The van der Waals surface area contributed by atoms with Crippen LogP contribution < -0.4 is 15.5 Å². The number of nitrogens with zero attached hydrogens (tertiary/aromatic N) is 1. The second-order valence-electron chi connectivity index (χ2n) is 6.72. The van der Waals surface area contributed by atoms with Crippen molar-refractivity contribution in [3.8, 4) is 0 Å². The second kappa shape index (κ2) is 9.11. The number of rotatable bonds is 6. The van der Waals surface area contributed by atoms with Gasteiger partial charge in [-0.25, -0.2) is 0 Å². The molecule has 144 valence electrons. The Hall–Kier alpha value is -2.24. The quantitative estimate of drug-likeness (QED) is 0.742. The lowest BCUT2D eigenvalue weighted by molar-refractivity contribution is -0.118. The summed E-state index contributed by atoms with van der Waals surface area (Å²) in [6, 6.07) is 11.2. The van der Waals surface area contributed by atoms with Crippen LogP contribution in [0.4, 0.5) is 11.4 Å². The zero-order valence-electron chi connectivity index (χ0n) is 15.7. The van der Waals surface area contributed by atoms with Gasteiger partial charge in [-0.2, -0.15) is 0 Å². The van der Waals surface area contributed by atoms with Crippen molar-refractivity contribution in [2.75, 3.05) is 24.3 Å². The molecule has 2 amide bonds. The van der Waals surface area contributed by atoms with E-state index in [0.717, 1.165) is 5.69 Å². The van der Waals surface area contributed by atoms with Crippen LogP contribution >= 0.6 is 23.2 Å². The minimum absolute atomic E-state index is 0.126. The molecule has 2 aromatic carbocycles. The van der Waals surface area contributed by atoms with Crippen LogP contribution in [0.25, 0.3) is 0 Å². The Balaban J connectivity index is 2.22. The van der Waals surface area contributed by atoms with Gasteiger partial charge >= 0.3 is 0 Å². The molecule has 2 rings (SSSR count). The highest BCUT2D eigenvalue weighted by Gasteiger charge is 2.26. The van der Waals surface area contributed by atoms with Gasteiger partial charge in [-0.05, 0) is 36.2 Å². The maximum absolute atomic E-state index is 12.9. The third-order valence-corrected chi connectivity index (χ3v) is 4.62. The Bertz CT molecular complexity index is 838. The van der Waals surface area contributed by atoms with E-state index < -0.39 is 11.9 Å². The van der Waals surface area contributed by atoms with Crippen molar-refractivity contribution in [2.24, 2.45) is 5.92 Å². The summed E-state index contributed by atoms with van der Waals surface area (Å²) < 4.78 is 0. The predicted molar refractivity (Wildman–Crippen MR) is 112 cm³/mol. The first-order valence-corrected chi connectivity index (χ1v) is 9.29. The standard InChI is InChI=1S/C20H23Cl2N3O2/c1-12(2)18(24-19(26)14-7-5-6-8-15(14)22)20(27)23-16-11-13(21)9-10-17(16)25(3)4/h5-12,18H,1-4H3,(H,23,27)(H,24,26). The lowest BCUT2D eigenvalue weighted by atomic mass is 10.0. The zero-order chi connectivity index (χ0) is 20.1. The molecule has 2 aromatic rings. The smallest absolute Gasteiger partial charge is 0.253 e. The molecule has 5 nitrogen and oxygen atoms in total. The maximum Gasteiger partial charge on any atom is 0.253 e. The van der Waals surface area contributed by atoms with Gasteiger partial charge in [-0.1, -0.05) is 49.2 Å². The topological polar surface area (TPSA) is 61.4 Å². The van der Waals surface area contributed by atoms with E-state index in [1.54, 1.807) is 36.4 Å². The fraction of sp³-hybridized carbons (Fsp3) is 0.300. The van der Waals surface area contributed by atoms with E-state index in [-0.39, 0.29) is 11.8 Å². The molecule has 0 bridgehead atoms. The fourth-order valence-electron chi connectivity index (χ4n) is 2.61. The minimum atomic E-state index is -0.734. The van der Waals surface area contributed by atoms with Gasteiger partial charge in [0.15, 0.2) is 0 Å². The number of carbonyl (C=O) groups excluding carboxylic acids is 2. The molecule has 0 aliphatic rings. The Morgan fingerprint density at radius 1 is 1.04 bits per heavy atom. The summed E-state index contributed by atoms with van der Waals surface area (Å²) in [5, 5.41) is 6.49. The lowest BCUT2D eigenvalue weighted by Crippen LogP contribution is -2.47. The zero-order valence-corrected chi connectivity index (χ0v) is 17.2. The Morgan fingerprint density at radius 3 is 2.30 bits per heavy atom. The van der Waals surface area contributed by atoms with E-state index in [1.165, 1.54) is 0 Å². The molecule has 0 aliphatic carbocycles. The van der Waals surface area contributed by atoms with E-state index in [2.05, 4.69) is 10.6 Å². The van der Waals surface area contributed by atoms with Crippen LogP contribution in [0.15, 0.2) is 42.5 Å². The van der Waals surface area contributed by atoms with Gasteiger partial charge in [-0.15, -0.1) is 0 Å². The van der Waals surface area contributed by atoms with Crippen molar-refractivity contribution in [1.29, 1.82) is 0 Å². The van der Waals surface area contributed by atoms with Crippen LogP contribution in [0, 0.1) is 5.92 Å². The molecule has 2 N–H and O–H groups in total. The molecular weight excluding hydrogens is 385 g/mol. The first-order chi connectivity index (χ1) is 12.7. The summed E-state index contributed by atoms with van der Waals surface area (Å²) >= 11 is 12.2. The number of benzene rings is 2. The van der Waals surface area contributed by atoms with Gasteiger partial charge in [0.1, 0.15) is 6.04 Å². The van der Waals surface area contributed by atoms with Gasteiger partial charge < -0.3 is 15.5 Å². The molecule has 0 aromatic heterocycles. The van der Waals surface area contributed by atoms with E-state index in [0.29, 0.717) is 21.3 Å². The van der Waals surface area contributed by atoms with Crippen molar-refractivity contribution in [1.82, 2.24) is 5.32 Å². The second-order valence-corrected chi connectivity index (χ2v) is 7.56. The molecule has 0 saturated heterocycles. The molecule has 0 fully saturated rings. The van der Waals surface area contributed by atoms with Crippen LogP contribution in [0.3, 0.4) is 0 Å². The largest absolute Gasteiger partial charge is 0.376 e. The van der Waals surface area contributed by atoms with Crippen molar-refractivity contribution in [3.05, 3.63) is 58.1 Å². The van der Waals surface area contributed by atoms with E-state index in [4.69, 9.17) is 23.2 Å². The Labute approximate surface area is 169 Å². The van der Waals surface area contributed by atoms with Crippen molar-refractivity contribution >= 4 is 46.4 Å². The molecule has 0 saturated carbocycles. The summed E-state index contributed by atoms with van der Waals surface area (Å²) in [5.74, 6) is -0.845. The van der Waals surface area contributed by atoms with Crippen molar-refractivity contribution < 1.29 is 9.59 Å². The summed E-state index contributed by atoms with van der Waals surface area (Å²) in [7, 11) is 3.75. The van der Waals surface area contributed by atoms with E-state index in [9.17, 15) is 9.59 Å². The molecule has 1 atom stereocenters. The molecule has 0 radical (unpaired) electrons. The molecule has 0 aliphatic heterocycles. The highest BCUT2D eigenvalue weighted by atomic mass is 35.5. The maximum atomic E-state index is 12.9. The minimum Gasteiger partial charge on any atom is -0.376 e. The highest BCUT2D eigenvalue weighted by molar-refractivity contribution is 6.34. The number of anilines is 2. The molecule has 0 heterocycles. The summed E-state index contributed by atoms with van der Waals surface area (Å²) in [6.45, 7) is 3.73. The van der Waals surface area contributed by atoms with E-state index >= 15 is 0 Å². The lowest BCUT2D eigenvalue weighted by Gasteiger charge is -2.24. The average Bonchev–Trinajstić information content (AvgIpc) is 2.59. The monoisotopic (exact) mass is 407 g/mol. The molecular formula is C20H23Cl2N3O2. The fourth-order valence-corrected chi connectivity index (χ4v) is 3.00. The van der Waals surface area contributed by atoms with Crippen LogP contribution in [0.5, 0.6) is 0 Å². The number of hydrogen-bond donors (Lipinski definition) is 2. The summed E-state index contributed by atoms with van der Waals surface area (Å²) in [5.41, 5.74) is 1.72. The molecule has 1 unspecified atom stereocenters. The third-order valence-electron chi connectivity index (χ3n) is 4.05. The van der Waals surface area contributed by atoms with Crippen molar-refractivity contribution in [3.63, 3.8) is 0 Å². The molecule has 7 heteroatoms. The van der Waals surface area contributed by atoms with Crippen molar-refractivity contribution in [2.45, 2.75) is 19.9 Å². The number of halogens is 2. The van der Waals surface area contributed by atoms with Gasteiger partial charge in [-0.3, -0.25) is 9.59 Å². The van der Waals surface area contributed by atoms with Crippen LogP contribution in [0.1, 0.15) is 24.2 Å².